The number of hydrogen-bond donors (Lipinski definition) is 2. The minimum atomic E-state index is 0.145. The van der Waals surface area contributed by atoms with Crippen LogP contribution in [-0.2, 0) is 0 Å². The molecule has 0 aromatic heterocycles. The van der Waals surface area contributed by atoms with E-state index in [1.54, 1.807) is 12.2 Å². The monoisotopic (exact) mass is 128 g/mol. The smallest absolute Gasteiger partial charge is 0.0974 e. The molecule has 0 aromatic rings. The summed E-state index contributed by atoms with van der Waals surface area (Å²) in [5, 5.41) is 10.8. The molecule has 0 rings (SSSR count). The van der Waals surface area contributed by atoms with Crippen molar-refractivity contribution in [1.82, 2.24) is 0 Å². The first-order valence-electron chi connectivity index (χ1n) is 2.80. The SMILES string of the molecule is C=CC[NH+]([O-])CC=CN. The highest BCUT2D eigenvalue weighted by molar-refractivity contribution is 4.74. The summed E-state index contributed by atoms with van der Waals surface area (Å²) in [6, 6.07) is 0. The first kappa shape index (κ1) is 8.20. The average molecular weight is 128 g/mol. The first-order chi connectivity index (χ1) is 4.31. The van der Waals surface area contributed by atoms with Crippen LogP contribution in [0.15, 0.2) is 24.9 Å². The van der Waals surface area contributed by atoms with Crippen LogP contribution in [0.5, 0.6) is 0 Å². The summed E-state index contributed by atoms with van der Waals surface area (Å²) in [6.07, 6.45) is 4.60. The van der Waals surface area contributed by atoms with Gasteiger partial charge in [0, 0.05) is 0 Å². The molecule has 3 heteroatoms. The van der Waals surface area contributed by atoms with E-state index >= 15 is 0 Å². The summed E-state index contributed by atoms with van der Waals surface area (Å²) < 4.78 is 0. The maximum absolute atomic E-state index is 10.6. The van der Waals surface area contributed by atoms with Gasteiger partial charge in [0.05, 0.1) is 13.1 Å². The molecule has 0 bridgehead atoms. The van der Waals surface area contributed by atoms with Gasteiger partial charge in [-0.05, 0) is 18.4 Å². The molecule has 0 spiro atoms. The Kier molecular flexibility index (Phi) is 4.86. The zero-order valence-corrected chi connectivity index (χ0v) is 5.34. The van der Waals surface area contributed by atoms with E-state index in [0.29, 0.717) is 13.1 Å². The Labute approximate surface area is 55.0 Å². The van der Waals surface area contributed by atoms with E-state index in [1.165, 1.54) is 6.20 Å². The van der Waals surface area contributed by atoms with Gasteiger partial charge in [0.15, 0.2) is 0 Å². The average Bonchev–Trinajstić information content (AvgIpc) is 1.85. The zero-order chi connectivity index (χ0) is 7.11. The Hall–Kier alpha value is -0.800. The molecule has 0 aliphatic heterocycles. The van der Waals surface area contributed by atoms with Gasteiger partial charge in [-0.15, -0.1) is 0 Å². The fraction of sp³-hybridized carbons (Fsp3) is 0.333. The van der Waals surface area contributed by atoms with Crippen molar-refractivity contribution < 1.29 is 5.06 Å². The van der Waals surface area contributed by atoms with Gasteiger partial charge in [-0.2, -0.15) is 0 Å². The molecule has 0 aliphatic rings. The molecule has 0 amide bonds. The van der Waals surface area contributed by atoms with E-state index in [4.69, 9.17) is 5.73 Å². The highest BCUT2D eigenvalue weighted by Crippen LogP contribution is 1.55. The topological polar surface area (TPSA) is 53.5 Å². The molecule has 0 saturated heterocycles. The van der Waals surface area contributed by atoms with Crippen LogP contribution in [0.4, 0.5) is 0 Å². The molecule has 9 heavy (non-hydrogen) atoms. The summed E-state index contributed by atoms with van der Waals surface area (Å²) in [5.74, 6) is 0. The van der Waals surface area contributed by atoms with Crippen LogP contribution in [0, 0.1) is 5.21 Å². The van der Waals surface area contributed by atoms with Crippen LogP contribution in [0.3, 0.4) is 0 Å². The maximum Gasteiger partial charge on any atom is 0.0974 e. The van der Waals surface area contributed by atoms with E-state index in [0.717, 1.165) is 0 Å². The third-order valence-corrected chi connectivity index (χ3v) is 0.854. The molecule has 1 unspecified atom stereocenters. The molecule has 0 heterocycles. The van der Waals surface area contributed by atoms with Crippen molar-refractivity contribution >= 4 is 0 Å². The van der Waals surface area contributed by atoms with Crippen LogP contribution < -0.4 is 10.8 Å². The molecule has 1 atom stereocenters. The zero-order valence-electron chi connectivity index (χ0n) is 5.34. The summed E-state index contributed by atoms with van der Waals surface area (Å²) in [7, 11) is 0. The van der Waals surface area contributed by atoms with E-state index in [-0.39, 0.29) is 5.06 Å². The number of hydroxylamine groups is 2. The quantitative estimate of drug-likeness (QED) is 0.378. The van der Waals surface area contributed by atoms with Gasteiger partial charge in [-0.3, -0.25) is 0 Å². The summed E-state index contributed by atoms with van der Waals surface area (Å²) in [5.41, 5.74) is 5.01. The third kappa shape index (κ3) is 5.06. The summed E-state index contributed by atoms with van der Waals surface area (Å²) >= 11 is 0. The lowest BCUT2D eigenvalue weighted by Gasteiger charge is -2.17. The van der Waals surface area contributed by atoms with Gasteiger partial charge in [0.25, 0.3) is 0 Å². The van der Waals surface area contributed by atoms with Gasteiger partial charge in [0.2, 0.25) is 0 Å². The van der Waals surface area contributed by atoms with Crippen molar-refractivity contribution in [3.05, 3.63) is 30.1 Å². The molecule has 3 nitrogen and oxygen atoms in total. The minimum absolute atomic E-state index is 0.145. The number of nitrogens with two attached hydrogens (primary N) is 1. The van der Waals surface area contributed by atoms with Crippen LogP contribution in [0.25, 0.3) is 0 Å². The standard InChI is InChI=1S/C6H12N2O/c1-2-5-8(9)6-3-4-7/h2-4,8H,1,5-7H2. The second-order valence-corrected chi connectivity index (χ2v) is 1.66. The predicted octanol–water partition coefficient (Wildman–Crippen LogP) is -0.972. The highest BCUT2D eigenvalue weighted by Gasteiger charge is 1.85. The second kappa shape index (κ2) is 5.34. The van der Waals surface area contributed by atoms with Crippen LogP contribution in [0.1, 0.15) is 0 Å². The fourth-order valence-electron chi connectivity index (χ4n) is 0.444. The van der Waals surface area contributed by atoms with E-state index < -0.39 is 0 Å². The Balaban J connectivity index is 3.25. The normalized spacial score (nSPS) is 13.9. The number of nitrogens with one attached hydrogen (secondary N) is 1. The van der Waals surface area contributed by atoms with Crippen molar-refractivity contribution in [2.75, 3.05) is 13.1 Å². The number of quaternary nitrogens is 1. The van der Waals surface area contributed by atoms with Gasteiger partial charge in [-0.25, -0.2) is 0 Å². The van der Waals surface area contributed by atoms with E-state index in [9.17, 15) is 5.21 Å². The van der Waals surface area contributed by atoms with Gasteiger partial charge in [0.1, 0.15) is 0 Å². The Morgan fingerprint density at radius 1 is 1.56 bits per heavy atom. The molecule has 0 aliphatic carbocycles. The van der Waals surface area contributed by atoms with E-state index in [2.05, 4.69) is 6.58 Å². The fourth-order valence-corrected chi connectivity index (χ4v) is 0.444. The molecule has 0 fully saturated rings. The Bertz CT molecular complexity index is 101. The Morgan fingerprint density at radius 2 is 2.22 bits per heavy atom. The summed E-state index contributed by atoms with van der Waals surface area (Å²) in [6.45, 7) is 4.29. The molecular formula is C6H12N2O. The van der Waals surface area contributed by atoms with Crippen LogP contribution in [0.2, 0.25) is 0 Å². The third-order valence-electron chi connectivity index (χ3n) is 0.854. The minimum Gasteiger partial charge on any atom is -0.634 e. The molecule has 0 aromatic carbocycles. The van der Waals surface area contributed by atoms with Crippen LogP contribution in [-0.4, -0.2) is 13.1 Å². The van der Waals surface area contributed by atoms with Crippen molar-refractivity contribution in [3.8, 4) is 0 Å². The van der Waals surface area contributed by atoms with Gasteiger partial charge >= 0.3 is 0 Å². The largest absolute Gasteiger partial charge is 0.634 e. The van der Waals surface area contributed by atoms with Crippen molar-refractivity contribution in [2.24, 2.45) is 5.73 Å². The second-order valence-electron chi connectivity index (χ2n) is 1.66. The number of rotatable bonds is 4. The van der Waals surface area contributed by atoms with Gasteiger partial charge < -0.3 is 16.0 Å². The molecule has 0 radical (unpaired) electrons. The Morgan fingerprint density at radius 3 is 2.67 bits per heavy atom. The van der Waals surface area contributed by atoms with Gasteiger partial charge in [-0.1, -0.05) is 6.58 Å². The molecular weight excluding hydrogens is 116 g/mol. The highest BCUT2D eigenvalue weighted by atomic mass is 16.5. The predicted molar refractivity (Wildman–Crippen MR) is 37.6 cm³/mol. The van der Waals surface area contributed by atoms with Crippen LogP contribution >= 0.6 is 0 Å². The molecule has 3 N–H and O–H groups in total. The van der Waals surface area contributed by atoms with Crippen molar-refractivity contribution in [2.45, 2.75) is 0 Å². The summed E-state index contributed by atoms with van der Waals surface area (Å²) in [4.78, 5) is 0. The molecule has 52 valence electrons. The number of hydrogen-bond acceptors (Lipinski definition) is 2. The van der Waals surface area contributed by atoms with Crippen molar-refractivity contribution in [3.63, 3.8) is 0 Å². The maximum atomic E-state index is 10.6. The van der Waals surface area contributed by atoms with Crippen molar-refractivity contribution in [1.29, 1.82) is 0 Å². The lowest BCUT2D eigenvalue weighted by atomic mass is 10.5. The lowest BCUT2D eigenvalue weighted by Crippen LogP contribution is -3.06. The van der Waals surface area contributed by atoms with E-state index in [1.807, 2.05) is 0 Å². The molecule has 0 saturated carbocycles. The first-order valence-corrected chi connectivity index (χ1v) is 2.80. The lowest BCUT2D eigenvalue weighted by molar-refractivity contribution is -0.834.